The summed E-state index contributed by atoms with van der Waals surface area (Å²) in [6.07, 6.45) is 5.69. The topological polar surface area (TPSA) is 145 Å². The Balaban J connectivity index is 0.00000451. The first-order valence-corrected chi connectivity index (χ1v) is 15.2. The predicted molar refractivity (Wildman–Crippen MR) is 190 cm³/mol. The summed E-state index contributed by atoms with van der Waals surface area (Å²) in [6.45, 7) is 2.15. The van der Waals surface area contributed by atoms with E-state index in [2.05, 4.69) is 35.9 Å². The summed E-state index contributed by atoms with van der Waals surface area (Å²) in [7, 11) is 1.57. The Morgan fingerprint density at radius 1 is 0.979 bits per heavy atom. The molecule has 2 unspecified atom stereocenters. The molecule has 11 nitrogen and oxygen atoms in total. The lowest BCUT2D eigenvalue weighted by Crippen LogP contribution is -2.51. The zero-order chi connectivity index (χ0) is 32.8. The van der Waals surface area contributed by atoms with Crippen molar-refractivity contribution in [2.45, 2.75) is 25.5 Å². The number of pyridine rings is 1. The number of aliphatic hydroxyl groups excluding tert-OH is 1. The van der Waals surface area contributed by atoms with Crippen molar-refractivity contribution in [2.24, 2.45) is 4.99 Å². The number of carbonyl (C=O) groups is 2. The van der Waals surface area contributed by atoms with Gasteiger partial charge in [-0.2, -0.15) is 0 Å². The Hall–Kier alpha value is -5.65. The third-order valence-corrected chi connectivity index (χ3v) is 8.00. The van der Waals surface area contributed by atoms with Gasteiger partial charge in [-0.1, -0.05) is 42.5 Å². The van der Waals surface area contributed by atoms with Gasteiger partial charge in [0.2, 0.25) is 5.95 Å². The fraction of sp³-hybridized carbons (Fsp3) is 0.167. The van der Waals surface area contributed by atoms with Crippen molar-refractivity contribution in [1.82, 2.24) is 20.3 Å². The van der Waals surface area contributed by atoms with Crippen LogP contribution in [-0.2, 0) is 11.2 Å². The predicted octanol–water partition coefficient (Wildman–Crippen LogP) is 5.18. The molecule has 0 saturated heterocycles. The SMILES string of the molecule is CNC(=O)c1cccc2c1C=NCN2C(Cc1ccccc1)C(O)C(=O)Nc1ccc(C)c(Nc2nccc(-c3cccnc3)n2)c1.Cl. The van der Waals surface area contributed by atoms with Gasteiger partial charge in [-0.05, 0) is 66.9 Å². The van der Waals surface area contributed by atoms with Crippen molar-refractivity contribution in [1.29, 1.82) is 0 Å². The van der Waals surface area contributed by atoms with Gasteiger partial charge < -0.3 is 26.0 Å². The number of aliphatic hydroxyl groups is 1. The number of hydrogen-bond acceptors (Lipinski definition) is 9. The minimum absolute atomic E-state index is 0. The van der Waals surface area contributed by atoms with Crippen LogP contribution in [0.4, 0.5) is 23.0 Å². The van der Waals surface area contributed by atoms with Crippen LogP contribution < -0.4 is 20.9 Å². The van der Waals surface area contributed by atoms with E-state index in [1.165, 1.54) is 0 Å². The average Bonchev–Trinajstić information content (AvgIpc) is 3.12. The Morgan fingerprint density at radius 2 is 1.81 bits per heavy atom. The van der Waals surface area contributed by atoms with Gasteiger partial charge in [0.1, 0.15) is 6.67 Å². The largest absolute Gasteiger partial charge is 0.381 e. The molecule has 2 atom stereocenters. The monoisotopic (exact) mass is 662 g/mol. The second-order valence-corrected chi connectivity index (χ2v) is 11.1. The van der Waals surface area contributed by atoms with Crippen LogP contribution in [-0.4, -0.2) is 63.9 Å². The van der Waals surface area contributed by atoms with Crippen LogP contribution in [0, 0.1) is 6.92 Å². The number of aryl methyl sites for hydroxylation is 1. The average molecular weight is 663 g/mol. The fourth-order valence-electron chi connectivity index (χ4n) is 5.54. The maximum Gasteiger partial charge on any atom is 0.255 e. The van der Waals surface area contributed by atoms with Crippen LogP contribution in [0.3, 0.4) is 0 Å². The number of benzene rings is 3. The molecule has 3 aromatic carbocycles. The van der Waals surface area contributed by atoms with Crippen LogP contribution in [0.2, 0.25) is 0 Å². The Labute approximate surface area is 284 Å². The highest BCUT2D eigenvalue weighted by atomic mass is 35.5. The maximum atomic E-state index is 13.7. The lowest BCUT2D eigenvalue weighted by molar-refractivity contribution is -0.125. The molecule has 4 N–H and O–H groups in total. The van der Waals surface area contributed by atoms with E-state index in [-0.39, 0.29) is 25.0 Å². The second kappa shape index (κ2) is 15.3. The second-order valence-electron chi connectivity index (χ2n) is 11.1. The van der Waals surface area contributed by atoms with Gasteiger partial charge in [0.15, 0.2) is 6.10 Å². The number of aliphatic imine (C=N–C) groups is 1. The maximum absolute atomic E-state index is 13.7. The molecule has 1 aliphatic rings. The van der Waals surface area contributed by atoms with Crippen LogP contribution in [0.1, 0.15) is 27.0 Å². The molecular weight excluding hydrogens is 628 g/mol. The summed E-state index contributed by atoms with van der Waals surface area (Å²) >= 11 is 0. The number of aromatic nitrogens is 3. The van der Waals surface area contributed by atoms with E-state index < -0.39 is 18.1 Å². The quantitative estimate of drug-likeness (QED) is 0.160. The molecule has 6 rings (SSSR count). The molecule has 244 valence electrons. The van der Waals surface area contributed by atoms with Gasteiger partial charge in [0.05, 0.1) is 17.3 Å². The standard InChI is InChI=1S/C36H34N8O3.ClH/c1-23-13-14-26(19-30(23)43-36-40-17-15-29(42-36)25-10-7-16-38-20-25)41-35(47)33(45)32(18-24-8-4-3-5-9-24)44-22-39-21-28-27(34(46)37-2)11-6-12-31(28)44;/h3-17,19-21,32-33,45H,18,22H2,1-2H3,(H,37,46)(H,41,47)(H,40,42,43);1H. The summed E-state index contributed by atoms with van der Waals surface area (Å²) in [4.78, 5) is 45.9. The lowest BCUT2D eigenvalue weighted by atomic mass is 9.96. The third-order valence-electron chi connectivity index (χ3n) is 8.00. The molecule has 0 aliphatic carbocycles. The third kappa shape index (κ3) is 7.49. The Bertz CT molecular complexity index is 1920. The number of carbonyl (C=O) groups excluding carboxylic acids is 2. The van der Waals surface area contributed by atoms with Crippen LogP contribution in [0.15, 0.2) is 109 Å². The first-order valence-electron chi connectivity index (χ1n) is 15.2. The summed E-state index contributed by atoms with van der Waals surface area (Å²) in [6, 6.07) is 25.4. The Morgan fingerprint density at radius 3 is 2.58 bits per heavy atom. The van der Waals surface area contributed by atoms with E-state index in [1.54, 1.807) is 56.1 Å². The molecule has 5 aromatic rings. The molecule has 3 heterocycles. The number of amides is 2. The molecule has 0 spiro atoms. The number of halogens is 1. The molecular formula is C36H35ClN8O3. The van der Waals surface area contributed by atoms with Crippen molar-refractivity contribution in [3.05, 3.63) is 126 Å². The first-order chi connectivity index (χ1) is 22.9. The fourth-order valence-corrected chi connectivity index (χ4v) is 5.54. The van der Waals surface area contributed by atoms with E-state index >= 15 is 0 Å². The number of anilines is 4. The molecule has 48 heavy (non-hydrogen) atoms. The van der Waals surface area contributed by atoms with Gasteiger partial charge in [-0.15, -0.1) is 12.4 Å². The molecule has 12 heteroatoms. The minimum atomic E-state index is -1.45. The highest BCUT2D eigenvalue weighted by Crippen LogP contribution is 2.30. The number of fused-ring (bicyclic) bond motifs is 1. The van der Waals surface area contributed by atoms with Crippen LogP contribution in [0.5, 0.6) is 0 Å². The highest BCUT2D eigenvalue weighted by molar-refractivity contribution is 6.06. The van der Waals surface area contributed by atoms with Crippen LogP contribution >= 0.6 is 12.4 Å². The number of nitrogens with zero attached hydrogens (tertiary/aromatic N) is 5. The summed E-state index contributed by atoms with van der Waals surface area (Å²) in [5, 5.41) is 20.5. The van der Waals surface area contributed by atoms with Crippen molar-refractivity contribution < 1.29 is 14.7 Å². The molecule has 0 radical (unpaired) electrons. The van der Waals surface area contributed by atoms with Gasteiger partial charge in [0.25, 0.3) is 11.8 Å². The number of rotatable bonds is 10. The van der Waals surface area contributed by atoms with Gasteiger partial charge >= 0.3 is 0 Å². The molecule has 2 aromatic heterocycles. The smallest absolute Gasteiger partial charge is 0.255 e. The van der Waals surface area contributed by atoms with Gasteiger partial charge in [-0.3, -0.25) is 19.6 Å². The van der Waals surface area contributed by atoms with Crippen molar-refractivity contribution in [3.8, 4) is 11.3 Å². The molecule has 0 saturated carbocycles. The summed E-state index contributed by atoms with van der Waals surface area (Å²) < 4.78 is 0. The summed E-state index contributed by atoms with van der Waals surface area (Å²) in [5.41, 5.74) is 6.43. The van der Waals surface area contributed by atoms with Crippen molar-refractivity contribution in [2.75, 3.05) is 29.2 Å². The zero-order valence-electron chi connectivity index (χ0n) is 26.4. The van der Waals surface area contributed by atoms with Gasteiger partial charge in [-0.25, -0.2) is 9.97 Å². The molecule has 1 aliphatic heterocycles. The first kappa shape index (κ1) is 33.7. The van der Waals surface area contributed by atoms with Crippen molar-refractivity contribution in [3.63, 3.8) is 0 Å². The van der Waals surface area contributed by atoms with E-state index in [0.29, 0.717) is 40.6 Å². The highest BCUT2D eigenvalue weighted by Gasteiger charge is 2.34. The minimum Gasteiger partial charge on any atom is -0.381 e. The lowest BCUT2D eigenvalue weighted by Gasteiger charge is -2.38. The number of hydrogen-bond donors (Lipinski definition) is 4. The normalized spacial score (nSPS) is 13.0. The van der Waals surface area contributed by atoms with Crippen molar-refractivity contribution >= 4 is 53.4 Å². The molecule has 0 bridgehead atoms. The van der Waals surface area contributed by atoms with E-state index in [1.807, 2.05) is 72.5 Å². The van der Waals surface area contributed by atoms with Gasteiger partial charge in [0, 0.05) is 60.0 Å². The number of nitrogens with one attached hydrogen (secondary N) is 3. The van der Waals surface area contributed by atoms with Crippen LogP contribution in [0.25, 0.3) is 11.3 Å². The zero-order valence-corrected chi connectivity index (χ0v) is 27.2. The molecule has 2 amide bonds. The van der Waals surface area contributed by atoms with E-state index in [0.717, 1.165) is 22.4 Å². The van der Waals surface area contributed by atoms with E-state index in [9.17, 15) is 14.7 Å². The van der Waals surface area contributed by atoms with E-state index in [4.69, 9.17) is 0 Å². The Kier molecular flexibility index (Phi) is 10.7. The summed E-state index contributed by atoms with van der Waals surface area (Å²) in [5.74, 6) is -0.429. The molecule has 0 fully saturated rings.